The molecule has 1 amide bonds. The fourth-order valence-electron chi connectivity index (χ4n) is 2.61. The van der Waals surface area contributed by atoms with E-state index in [1.54, 1.807) is 25.1 Å². The van der Waals surface area contributed by atoms with Crippen LogP contribution in [0.5, 0.6) is 0 Å². The molecule has 2 aromatic carbocycles. The lowest BCUT2D eigenvalue weighted by Crippen LogP contribution is -2.36. The number of H-pyrrole nitrogens is 1. The van der Waals surface area contributed by atoms with Crippen LogP contribution in [-0.2, 0) is 6.54 Å². The topological polar surface area (TPSA) is 84.0 Å². The van der Waals surface area contributed by atoms with Crippen molar-refractivity contribution in [1.29, 1.82) is 0 Å². The van der Waals surface area contributed by atoms with E-state index in [0.717, 1.165) is 9.13 Å². The van der Waals surface area contributed by atoms with Crippen molar-refractivity contribution in [2.45, 2.75) is 20.4 Å². The SMILES string of the molecule is CCn1c(=O)c(=O)[nH]c2cc(C(=O)Nc3ccc(C)c(I)c3)ccc21. The minimum atomic E-state index is -0.694. The first-order chi connectivity index (χ1) is 11.9. The Labute approximate surface area is 157 Å². The number of aromatic nitrogens is 2. The third-order valence-electron chi connectivity index (χ3n) is 3.98. The van der Waals surface area contributed by atoms with Gasteiger partial charge in [0.2, 0.25) is 0 Å². The number of nitrogens with one attached hydrogen (secondary N) is 2. The number of carbonyl (C=O) groups excluding carboxylic acids is 1. The van der Waals surface area contributed by atoms with E-state index in [1.807, 2.05) is 25.1 Å². The zero-order valence-electron chi connectivity index (χ0n) is 13.7. The number of hydrogen-bond acceptors (Lipinski definition) is 3. The van der Waals surface area contributed by atoms with Gasteiger partial charge in [0.05, 0.1) is 11.0 Å². The predicted molar refractivity (Wildman–Crippen MR) is 106 cm³/mol. The Morgan fingerprint density at radius 1 is 1.20 bits per heavy atom. The van der Waals surface area contributed by atoms with Crippen LogP contribution in [0.3, 0.4) is 0 Å². The lowest BCUT2D eigenvalue weighted by Gasteiger charge is -2.10. The molecule has 1 heterocycles. The first-order valence-electron chi connectivity index (χ1n) is 7.75. The number of rotatable bonds is 3. The average molecular weight is 449 g/mol. The van der Waals surface area contributed by atoms with E-state index in [2.05, 4.69) is 32.9 Å². The monoisotopic (exact) mass is 449 g/mol. The summed E-state index contributed by atoms with van der Waals surface area (Å²) in [6.45, 7) is 4.17. The number of carbonyl (C=O) groups is 1. The van der Waals surface area contributed by atoms with E-state index in [0.29, 0.717) is 28.8 Å². The van der Waals surface area contributed by atoms with Gasteiger partial charge in [0.25, 0.3) is 5.91 Å². The van der Waals surface area contributed by atoms with Gasteiger partial charge in [-0.05, 0) is 72.3 Å². The van der Waals surface area contributed by atoms with Gasteiger partial charge in [-0.15, -0.1) is 0 Å². The van der Waals surface area contributed by atoms with Crippen LogP contribution in [0.4, 0.5) is 5.69 Å². The number of anilines is 1. The summed E-state index contributed by atoms with van der Waals surface area (Å²) in [7, 11) is 0. The summed E-state index contributed by atoms with van der Waals surface area (Å²) in [4.78, 5) is 38.7. The van der Waals surface area contributed by atoms with Gasteiger partial charge in [0.1, 0.15) is 0 Å². The molecule has 3 rings (SSSR count). The van der Waals surface area contributed by atoms with E-state index >= 15 is 0 Å². The fourth-order valence-corrected chi connectivity index (χ4v) is 3.12. The molecule has 0 bridgehead atoms. The van der Waals surface area contributed by atoms with Crippen LogP contribution in [-0.4, -0.2) is 15.5 Å². The van der Waals surface area contributed by atoms with Crippen molar-refractivity contribution in [3.8, 4) is 0 Å². The zero-order valence-corrected chi connectivity index (χ0v) is 15.9. The van der Waals surface area contributed by atoms with E-state index < -0.39 is 11.1 Å². The van der Waals surface area contributed by atoms with Gasteiger partial charge in [-0.1, -0.05) is 6.07 Å². The molecule has 1 aromatic heterocycles. The Kier molecular flexibility index (Phi) is 4.76. The largest absolute Gasteiger partial charge is 0.322 e. The number of hydrogen-bond donors (Lipinski definition) is 2. The lowest BCUT2D eigenvalue weighted by molar-refractivity contribution is 0.102. The molecule has 0 spiro atoms. The second-order valence-corrected chi connectivity index (χ2v) is 6.82. The number of fused-ring (bicyclic) bond motifs is 1. The van der Waals surface area contributed by atoms with Crippen molar-refractivity contribution >= 4 is 45.2 Å². The molecule has 0 aliphatic heterocycles. The Balaban J connectivity index is 1.99. The number of benzene rings is 2. The van der Waals surface area contributed by atoms with Gasteiger partial charge in [-0.3, -0.25) is 14.4 Å². The second-order valence-electron chi connectivity index (χ2n) is 5.65. The number of halogens is 1. The second kappa shape index (κ2) is 6.83. The minimum Gasteiger partial charge on any atom is -0.322 e. The molecule has 6 nitrogen and oxygen atoms in total. The summed E-state index contributed by atoms with van der Waals surface area (Å²) in [5, 5.41) is 2.84. The van der Waals surface area contributed by atoms with Gasteiger partial charge < -0.3 is 14.9 Å². The van der Waals surface area contributed by atoms with Crippen molar-refractivity contribution in [3.63, 3.8) is 0 Å². The van der Waals surface area contributed by atoms with E-state index in [9.17, 15) is 14.4 Å². The van der Waals surface area contributed by atoms with Gasteiger partial charge in [-0.25, -0.2) is 0 Å². The number of amides is 1. The summed E-state index contributed by atoms with van der Waals surface area (Å²) in [6.07, 6.45) is 0. The van der Waals surface area contributed by atoms with Crippen LogP contribution in [0.25, 0.3) is 11.0 Å². The van der Waals surface area contributed by atoms with Gasteiger partial charge >= 0.3 is 11.1 Å². The van der Waals surface area contributed by atoms with Crippen LogP contribution in [0, 0.1) is 10.5 Å². The molecular weight excluding hydrogens is 433 g/mol. The van der Waals surface area contributed by atoms with Crippen molar-refractivity contribution in [2.75, 3.05) is 5.32 Å². The van der Waals surface area contributed by atoms with E-state index in [-0.39, 0.29) is 5.91 Å². The van der Waals surface area contributed by atoms with E-state index in [4.69, 9.17) is 0 Å². The summed E-state index contributed by atoms with van der Waals surface area (Å²) in [5.74, 6) is -0.281. The summed E-state index contributed by atoms with van der Waals surface area (Å²) in [6, 6.07) is 10.6. The Hall–Kier alpha value is -2.42. The normalized spacial score (nSPS) is 10.8. The molecule has 0 atom stereocenters. The zero-order chi connectivity index (χ0) is 18.1. The smallest absolute Gasteiger partial charge is 0.316 e. The first kappa shape index (κ1) is 17.4. The maximum Gasteiger partial charge on any atom is 0.316 e. The Morgan fingerprint density at radius 2 is 1.96 bits per heavy atom. The highest BCUT2D eigenvalue weighted by Crippen LogP contribution is 2.18. The predicted octanol–water partition coefficient (Wildman–Crippen LogP) is 2.88. The van der Waals surface area contributed by atoms with Crippen LogP contribution >= 0.6 is 22.6 Å². The van der Waals surface area contributed by atoms with Crippen molar-refractivity contribution in [2.24, 2.45) is 0 Å². The number of nitrogens with zero attached hydrogens (tertiary/aromatic N) is 1. The molecule has 0 saturated carbocycles. The lowest BCUT2D eigenvalue weighted by atomic mass is 10.1. The van der Waals surface area contributed by atoms with Crippen LogP contribution in [0.15, 0.2) is 46.0 Å². The maximum atomic E-state index is 12.5. The van der Waals surface area contributed by atoms with Gasteiger partial charge in [-0.2, -0.15) is 0 Å². The highest BCUT2D eigenvalue weighted by molar-refractivity contribution is 14.1. The molecule has 25 heavy (non-hydrogen) atoms. The standard InChI is InChI=1S/C18H16IN3O3/c1-3-22-15-7-5-11(8-14(15)21-17(24)18(22)25)16(23)20-12-6-4-10(2)13(19)9-12/h4-9H,3H2,1-2H3,(H,20,23)(H,21,24). The molecule has 0 aliphatic rings. The molecule has 0 radical (unpaired) electrons. The third-order valence-corrected chi connectivity index (χ3v) is 5.15. The molecule has 0 unspecified atom stereocenters. The third kappa shape index (κ3) is 3.37. The minimum absolute atomic E-state index is 0.281. The first-order valence-corrected chi connectivity index (χ1v) is 8.83. The molecule has 0 saturated heterocycles. The van der Waals surface area contributed by atoms with Crippen LogP contribution in [0.1, 0.15) is 22.8 Å². The van der Waals surface area contributed by atoms with Crippen LogP contribution in [0.2, 0.25) is 0 Å². The molecule has 3 aromatic rings. The van der Waals surface area contributed by atoms with Gasteiger partial charge in [0, 0.05) is 21.4 Å². The van der Waals surface area contributed by atoms with E-state index in [1.165, 1.54) is 4.57 Å². The molecular formula is C18H16IN3O3. The number of aromatic amines is 1. The average Bonchev–Trinajstić information content (AvgIpc) is 2.59. The quantitative estimate of drug-likeness (QED) is 0.477. The maximum absolute atomic E-state index is 12.5. The molecule has 0 fully saturated rings. The van der Waals surface area contributed by atoms with Crippen molar-refractivity contribution in [1.82, 2.24) is 9.55 Å². The summed E-state index contributed by atoms with van der Waals surface area (Å²) < 4.78 is 2.45. The summed E-state index contributed by atoms with van der Waals surface area (Å²) in [5.41, 5.74) is 2.00. The molecule has 7 heteroatoms. The number of aryl methyl sites for hydroxylation is 2. The summed E-state index contributed by atoms with van der Waals surface area (Å²) >= 11 is 2.21. The fraction of sp³-hybridized carbons (Fsp3) is 0.167. The van der Waals surface area contributed by atoms with Crippen molar-refractivity contribution < 1.29 is 4.79 Å². The molecule has 0 aliphatic carbocycles. The van der Waals surface area contributed by atoms with Gasteiger partial charge in [0.15, 0.2) is 0 Å². The highest BCUT2D eigenvalue weighted by Gasteiger charge is 2.11. The molecule has 128 valence electrons. The van der Waals surface area contributed by atoms with Crippen molar-refractivity contribution in [3.05, 3.63) is 71.8 Å². The Bertz CT molecular complexity index is 1100. The molecule has 2 N–H and O–H groups in total. The highest BCUT2D eigenvalue weighted by atomic mass is 127. The van der Waals surface area contributed by atoms with Crippen LogP contribution < -0.4 is 16.4 Å². The Morgan fingerprint density at radius 3 is 2.64 bits per heavy atom.